The van der Waals surface area contributed by atoms with Crippen LogP contribution in [-0.2, 0) is 0 Å². The van der Waals surface area contributed by atoms with Crippen molar-refractivity contribution in [3.8, 4) is 11.1 Å². The highest BCUT2D eigenvalue weighted by Crippen LogP contribution is 2.65. The Bertz CT molecular complexity index is 898. The van der Waals surface area contributed by atoms with E-state index >= 15 is 0 Å². The van der Waals surface area contributed by atoms with Crippen molar-refractivity contribution < 1.29 is 0 Å². The van der Waals surface area contributed by atoms with Gasteiger partial charge in [0.05, 0.1) is 0 Å². The highest BCUT2D eigenvalue weighted by atomic mass is 14.5. The Hall–Kier alpha value is -1.82. The van der Waals surface area contributed by atoms with Crippen LogP contribution in [0.15, 0.2) is 42.0 Å². The van der Waals surface area contributed by atoms with Gasteiger partial charge in [-0.1, -0.05) is 86.6 Å². The fourth-order valence-electron chi connectivity index (χ4n) is 5.67. The van der Waals surface area contributed by atoms with Crippen LogP contribution >= 0.6 is 0 Å². The molecule has 3 atom stereocenters. The van der Waals surface area contributed by atoms with Crippen molar-refractivity contribution >= 4 is 0 Å². The highest BCUT2D eigenvalue weighted by Gasteiger charge is 2.51. The summed E-state index contributed by atoms with van der Waals surface area (Å²) in [5, 5.41) is 0. The monoisotopic (exact) mass is 342 g/mol. The van der Waals surface area contributed by atoms with Crippen LogP contribution < -0.4 is 0 Å². The van der Waals surface area contributed by atoms with Gasteiger partial charge in [0.2, 0.25) is 0 Å². The molecule has 2 unspecified atom stereocenters. The molecule has 26 heavy (non-hydrogen) atoms. The second-order valence-electron chi connectivity index (χ2n) is 8.78. The zero-order valence-electron chi connectivity index (χ0n) is 16.4. The molecule has 0 spiro atoms. The smallest absolute Gasteiger partial charge is 0.0287 e. The van der Waals surface area contributed by atoms with E-state index in [-0.39, 0.29) is 0 Å². The van der Waals surface area contributed by atoms with Crippen LogP contribution in [0.5, 0.6) is 0 Å². The van der Waals surface area contributed by atoms with E-state index in [0.717, 1.165) is 11.8 Å². The van der Waals surface area contributed by atoms with Gasteiger partial charge < -0.3 is 0 Å². The first-order valence-electron chi connectivity index (χ1n) is 10.7. The number of unbranched alkanes of at least 4 members (excludes halogenated alkanes) is 4. The van der Waals surface area contributed by atoms with Gasteiger partial charge in [-0.25, -0.2) is 0 Å². The molecule has 3 aliphatic carbocycles. The van der Waals surface area contributed by atoms with Crippen LogP contribution in [0.3, 0.4) is 0 Å². The van der Waals surface area contributed by atoms with Gasteiger partial charge in [0, 0.05) is 11.8 Å². The molecule has 5 rings (SSSR count). The lowest BCUT2D eigenvalue weighted by Crippen LogP contribution is -2.03. The quantitative estimate of drug-likeness (QED) is 0.378. The minimum absolute atomic E-state index is 0.520. The average Bonchev–Trinajstić information content (AvgIpc) is 3.24. The van der Waals surface area contributed by atoms with E-state index in [1.165, 1.54) is 60.8 Å². The summed E-state index contributed by atoms with van der Waals surface area (Å²) in [7, 11) is 0. The van der Waals surface area contributed by atoms with Crippen LogP contribution in [0.2, 0.25) is 0 Å². The van der Waals surface area contributed by atoms with Crippen LogP contribution in [0.25, 0.3) is 11.1 Å². The molecule has 0 nitrogen and oxygen atoms in total. The van der Waals surface area contributed by atoms with Gasteiger partial charge in [0.1, 0.15) is 0 Å². The molecular weight excluding hydrogens is 312 g/mol. The van der Waals surface area contributed by atoms with E-state index in [1.807, 2.05) is 0 Å². The molecule has 0 radical (unpaired) electrons. The molecule has 0 heteroatoms. The maximum absolute atomic E-state index is 2.65. The highest BCUT2D eigenvalue weighted by molar-refractivity contribution is 5.84. The lowest BCUT2D eigenvalue weighted by Gasteiger charge is -2.19. The van der Waals surface area contributed by atoms with Gasteiger partial charge >= 0.3 is 0 Å². The minimum Gasteiger partial charge on any atom is -0.0724 e. The summed E-state index contributed by atoms with van der Waals surface area (Å²) in [5.74, 6) is 2.09. The third-order valence-corrected chi connectivity index (χ3v) is 7.02. The van der Waals surface area contributed by atoms with Crippen LogP contribution in [-0.4, -0.2) is 0 Å². The number of hydrogen-bond acceptors (Lipinski definition) is 0. The van der Waals surface area contributed by atoms with Crippen molar-refractivity contribution in [2.45, 2.75) is 71.1 Å². The van der Waals surface area contributed by atoms with Crippen molar-refractivity contribution in [3.63, 3.8) is 0 Å². The van der Waals surface area contributed by atoms with Crippen molar-refractivity contribution in [2.75, 3.05) is 0 Å². The number of aryl methyl sites for hydroxylation is 2. The standard InChI is InChI=1S/C26H30/c1-4-5-6-7-8-9-19-22-15-23-21-14-16(2)10-12-18(21)20-13-11-17(3)24(25(19)22)26(20)23/h10-15,19,23,25H,4-9H2,1-3H3/t19?,23?,25-/m1/s1. The number of rotatable bonds is 6. The Morgan fingerprint density at radius 1 is 0.846 bits per heavy atom. The van der Waals surface area contributed by atoms with Crippen LogP contribution in [0.1, 0.15) is 85.1 Å². The van der Waals surface area contributed by atoms with Gasteiger partial charge in [-0.2, -0.15) is 0 Å². The minimum atomic E-state index is 0.520. The predicted octanol–water partition coefficient (Wildman–Crippen LogP) is 7.43. The first-order valence-corrected chi connectivity index (χ1v) is 10.7. The molecule has 1 saturated carbocycles. The van der Waals surface area contributed by atoms with E-state index in [9.17, 15) is 0 Å². The van der Waals surface area contributed by atoms with Crippen LogP contribution in [0, 0.1) is 19.8 Å². The summed E-state index contributed by atoms with van der Waals surface area (Å²) in [6, 6.07) is 11.8. The zero-order chi connectivity index (χ0) is 17.8. The molecule has 2 aromatic carbocycles. The van der Waals surface area contributed by atoms with Gasteiger partial charge in [-0.3, -0.25) is 0 Å². The average molecular weight is 343 g/mol. The van der Waals surface area contributed by atoms with E-state index in [2.05, 4.69) is 57.2 Å². The molecule has 0 aliphatic heterocycles. The second kappa shape index (κ2) is 6.12. The Labute approximate surface area is 158 Å². The number of hydrogen-bond donors (Lipinski definition) is 0. The molecule has 0 N–H and O–H groups in total. The van der Waals surface area contributed by atoms with E-state index in [1.54, 1.807) is 22.3 Å². The normalized spacial score (nSPS) is 24.0. The Kier molecular flexibility index (Phi) is 3.85. The van der Waals surface area contributed by atoms with Crippen molar-refractivity contribution in [2.24, 2.45) is 5.92 Å². The summed E-state index contributed by atoms with van der Waals surface area (Å²) >= 11 is 0. The molecule has 1 fully saturated rings. The van der Waals surface area contributed by atoms with Crippen molar-refractivity contribution in [3.05, 3.63) is 69.8 Å². The predicted molar refractivity (Wildman–Crippen MR) is 111 cm³/mol. The number of benzene rings is 2. The summed E-state index contributed by atoms with van der Waals surface area (Å²) in [5.41, 5.74) is 12.5. The largest absolute Gasteiger partial charge is 0.0724 e. The van der Waals surface area contributed by atoms with Crippen molar-refractivity contribution in [1.29, 1.82) is 0 Å². The fraction of sp³-hybridized carbons (Fsp3) is 0.462. The molecule has 134 valence electrons. The zero-order valence-corrected chi connectivity index (χ0v) is 16.4. The SMILES string of the molecule is CCCCCCCC1C2=CC3c4cc(C)ccc4-c4ccc(C)c(c43)[C@@H]21. The maximum atomic E-state index is 2.65. The second-order valence-corrected chi connectivity index (χ2v) is 8.78. The molecule has 0 aromatic heterocycles. The first kappa shape index (κ1) is 16.4. The van der Waals surface area contributed by atoms with E-state index < -0.39 is 0 Å². The van der Waals surface area contributed by atoms with E-state index in [0.29, 0.717) is 5.92 Å². The lowest BCUT2D eigenvalue weighted by atomic mass is 9.84. The third-order valence-electron chi connectivity index (χ3n) is 7.02. The molecule has 0 amide bonds. The van der Waals surface area contributed by atoms with Crippen LogP contribution in [0.4, 0.5) is 0 Å². The van der Waals surface area contributed by atoms with Gasteiger partial charge in [0.25, 0.3) is 0 Å². The number of allylic oxidation sites excluding steroid dienone is 2. The molecule has 3 aliphatic rings. The fourth-order valence-corrected chi connectivity index (χ4v) is 5.67. The van der Waals surface area contributed by atoms with Gasteiger partial charge in [-0.05, 0) is 59.6 Å². The van der Waals surface area contributed by atoms with Gasteiger partial charge in [-0.15, -0.1) is 0 Å². The third kappa shape index (κ3) is 2.34. The summed E-state index contributed by atoms with van der Waals surface area (Å²) in [6.45, 7) is 6.86. The molecular formula is C26H30. The molecule has 0 heterocycles. The first-order chi connectivity index (χ1) is 12.7. The van der Waals surface area contributed by atoms with Crippen molar-refractivity contribution in [1.82, 2.24) is 0 Å². The Balaban J connectivity index is 1.48. The Morgan fingerprint density at radius 3 is 2.50 bits per heavy atom. The van der Waals surface area contributed by atoms with E-state index in [4.69, 9.17) is 0 Å². The summed E-state index contributed by atoms with van der Waals surface area (Å²) < 4.78 is 0. The topological polar surface area (TPSA) is 0 Å². The Morgan fingerprint density at radius 2 is 1.65 bits per heavy atom. The molecule has 0 bridgehead atoms. The summed E-state index contributed by atoms with van der Waals surface area (Å²) in [4.78, 5) is 0. The maximum Gasteiger partial charge on any atom is 0.0287 e. The molecule has 0 saturated heterocycles. The number of fused-ring (bicyclic) bond motifs is 5. The summed E-state index contributed by atoms with van der Waals surface area (Å²) in [6.07, 6.45) is 11.0. The lowest BCUT2D eigenvalue weighted by molar-refractivity contribution is 0.579. The molecule has 2 aromatic rings. The van der Waals surface area contributed by atoms with Gasteiger partial charge in [0.15, 0.2) is 0 Å².